The van der Waals surface area contributed by atoms with Crippen LogP contribution in [0.4, 0.5) is 5.69 Å². The summed E-state index contributed by atoms with van der Waals surface area (Å²) in [7, 11) is 6.11. The molecule has 17 heavy (non-hydrogen) atoms. The van der Waals surface area contributed by atoms with E-state index in [9.17, 15) is 0 Å². The van der Waals surface area contributed by atoms with E-state index in [1.165, 1.54) is 11.1 Å². The van der Waals surface area contributed by atoms with E-state index in [4.69, 9.17) is 7.85 Å². The van der Waals surface area contributed by atoms with Crippen molar-refractivity contribution in [3.8, 4) is 0 Å². The highest BCUT2D eigenvalue weighted by Crippen LogP contribution is 2.33. The van der Waals surface area contributed by atoms with Gasteiger partial charge in [0.15, 0.2) is 0 Å². The Morgan fingerprint density at radius 2 is 1.94 bits per heavy atom. The zero-order valence-electron chi connectivity index (χ0n) is 10.7. The molecule has 2 nitrogen and oxygen atoms in total. The first-order valence-electron chi connectivity index (χ1n) is 6.04. The van der Waals surface area contributed by atoms with Crippen LogP contribution in [0.15, 0.2) is 17.6 Å². The van der Waals surface area contributed by atoms with Gasteiger partial charge >= 0.3 is 0 Å². The SMILES string of the molecule is [B]c1cc2c(c(CC)c1CC)N=C(C)NC2=C. The van der Waals surface area contributed by atoms with Crippen molar-refractivity contribution in [2.75, 3.05) is 0 Å². The van der Waals surface area contributed by atoms with E-state index >= 15 is 0 Å². The maximum atomic E-state index is 6.11. The minimum atomic E-state index is 0.848. The van der Waals surface area contributed by atoms with Crippen molar-refractivity contribution in [3.63, 3.8) is 0 Å². The molecule has 0 spiro atoms. The van der Waals surface area contributed by atoms with Crippen molar-refractivity contribution >= 4 is 30.5 Å². The minimum absolute atomic E-state index is 0.848. The van der Waals surface area contributed by atoms with Crippen LogP contribution in [0.25, 0.3) is 5.70 Å². The van der Waals surface area contributed by atoms with Gasteiger partial charge in [0.25, 0.3) is 0 Å². The zero-order chi connectivity index (χ0) is 12.6. The highest BCUT2D eigenvalue weighted by Gasteiger charge is 2.18. The van der Waals surface area contributed by atoms with Gasteiger partial charge in [0.05, 0.1) is 5.69 Å². The van der Waals surface area contributed by atoms with Crippen molar-refractivity contribution in [2.45, 2.75) is 33.6 Å². The number of aliphatic imine (C=N–C) groups is 1. The third kappa shape index (κ3) is 1.90. The molecule has 86 valence electrons. The average molecular weight is 224 g/mol. The number of benzene rings is 1. The van der Waals surface area contributed by atoms with Crippen LogP contribution in [0.3, 0.4) is 0 Å². The molecule has 0 atom stereocenters. The summed E-state index contributed by atoms with van der Waals surface area (Å²) in [6.45, 7) is 10.3. The summed E-state index contributed by atoms with van der Waals surface area (Å²) >= 11 is 0. The Kier molecular flexibility index (Phi) is 3.10. The standard InChI is InChI=1S/C14H17BN2/c1-5-10-11(6-2)14-12(7-13(10)15)8(3)16-9(4)17-14/h7H,3,5-6H2,1-2,4H3,(H,16,17). The highest BCUT2D eigenvalue weighted by molar-refractivity contribution is 6.34. The van der Waals surface area contributed by atoms with Crippen molar-refractivity contribution in [1.29, 1.82) is 0 Å². The van der Waals surface area contributed by atoms with Crippen LogP contribution in [0.5, 0.6) is 0 Å². The molecule has 0 saturated carbocycles. The van der Waals surface area contributed by atoms with Gasteiger partial charge in [-0.05, 0) is 30.9 Å². The quantitative estimate of drug-likeness (QED) is 0.765. The lowest BCUT2D eigenvalue weighted by molar-refractivity contribution is 1.03. The van der Waals surface area contributed by atoms with Crippen LogP contribution in [0.2, 0.25) is 0 Å². The Bertz CT molecular complexity index is 515. The van der Waals surface area contributed by atoms with Crippen LogP contribution >= 0.6 is 0 Å². The summed E-state index contributed by atoms with van der Waals surface area (Å²) in [6.07, 6.45) is 1.89. The molecule has 0 amide bonds. The summed E-state index contributed by atoms with van der Waals surface area (Å²) in [6, 6.07) is 1.98. The maximum absolute atomic E-state index is 6.11. The topological polar surface area (TPSA) is 24.4 Å². The number of fused-ring (bicyclic) bond motifs is 1. The number of nitrogens with one attached hydrogen (secondary N) is 1. The molecule has 0 saturated heterocycles. The van der Waals surface area contributed by atoms with E-state index in [1.54, 1.807) is 0 Å². The number of hydrogen-bond acceptors (Lipinski definition) is 2. The van der Waals surface area contributed by atoms with Gasteiger partial charge in [-0.2, -0.15) is 0 Å². The summed E-state index contributed by atoms with van der Waals surface area (Å²) < 4.78 is 0. The predicted molar refractivity (Wildman–Crippen MR) is 75.5 cm³/mol. The third-order valence-corrected chi connectivity index (χ3v) is 3.20. The van der Waals surface area contributed by atoms with Crippen molar-refractivity contribution < 1.29 is 0 Å². The van der Waals surface area contributed by atoms with Crippen LogP contribution in [-0.2, 0) is 12.8 Å². The third-order valence-electron chi connectivity index (χ3n) is 3.20. The number of amidine groups is 1. The van der Waals surface area contributed by atoms with Gasteiger partial charge in [0.1, 0.15) is 13.7 Å². The lowest BCUT2D eigenvalue weighted by Crippen LogP contribution is -2.24. The largest absolute Gasteiger partial charge is 0.344 e. The molecular formula is C14H17BN2. The van der Waals surface area contributed by atoms with E-state index in [2.05, 4.69) is 30.7 Å². The van der Waals surface area contributed by atoms with E-state index in [-0.39, 0.29) is 0 Å². The Labute approximate surface area is 104 Å². The lowest BCUT2D eigenvalue weighted by atomic mass is 9.82. The number of rotatable bonds is 2. The van der Waals surface area contributed by atoms with Crippen molar-refractivity contribution in [3.05, 3.63) is 29.3 Å². The molecule has 1 aromatic carbocycles. The van der Waals surface area contributed by atoms with Gasteiger partial charge in [-0.25, -0.2) is 4.99 Å². The molecule has 0 bridgehead atoms. The Hall–Kier alpha value is -1.51. The molecule has 1 aliphatic rings. The van der Waals surface area contributed by atoms with Crippen molar-refractivity contribution in [1.82, 2.24) is 5.32 Å². The smallest absolute Gasteiger partial charge is 0.114 e. The molecule has 0 fully saturated rings. The first-order valence-corrected chi connectivity index (χ1v) is 6.04. The molecule has 1 heterocycles. The fourth-order valence-electron chi connectivity index (χ4n) is 2.43. The van der Waals surface area contributed by atoms with Crippen molar-refractivity contribution in [2.24, 2.45) is 4.99 Å². The highest BCUT2D eigenvalue weighted by atomic mass is 15.0. The fourth-order valence-corrected chi connectivity index (χ4v) is 2.43. The van der Waals surface area contributed by atoms with Gasteiger partial charge in [-0.15, -0.1) is 0 Å². The molecule has 0 unspecified atom stereocenters. The minimum Gasteiger partial charge on any atom is -0.344 e. The van der Waals surface area contributed by atoms with E-state index < -0.39 is 0 Å². The molecule has 1 aliphatic heterocycles. The summed E-state index contributed by atoms with van der Waals surface area (Å²) in [5, 5.41) is 3.15. The van der Waals surface area contributed by atoms with Gasteiger partial charge in [0, 0.05) is 11.3 Å². The van der Waals surface area contributed by atoms with E-state index in [0.717, 1.165) is 41.1 Å². The summed E-state index contributed by atoms with van der Waals surface area (Å²) in [4.78, 5) is 4.61. The summed E-state index contributed by atoms with van der Waals surface area (Å²) in [5.74, 6) is 0.893. The number of hydrogen-bond donors (Lipinski definition) is 1. The normalized spacial score (nSPS) is 14.1. The first kappa shape index (κ1) is 12.0. The Morgan fingerprint density at radius 3 is 2.53 bits per heavy atom. The van der Waals surface area contributed by atoms with Crippen LogP contribution in [0.1, 0.15) is 37.5 Å². The lowest BCUT2D eigenvalue weighted by Gasteiger charge is -2.23. The zero-order valence-corrected chi connectivity index (χ0v) is 10.7. The van der Waals surface area contributed by atoms with Gasteiger partial charge in [-0.1, -0.05) is 32.0 Å². The van der Waals surface area contributed by atoms with Gasteiger partial charge in [0.2, 0.25) is 0 Å². The molecule has 0 aromatic heterocycles. The second kappa shape index (κ2) is 4.40. The Balaban J connectivity index is 2.77. The molecule has 1 N–H and O–H groups in total. The molecule has 2 rings (SSSR count). The second-order valence-electron chi connectivity index (χ2n) is 4.33. The molecule has 2 radical (unpaired) electrons. The predicted octanol–water partition coefficient (Wildman–Crippen LogP) is 2.23. The maximum Gasteiger partial charge on any atom is 0.114 e. The Morgan fingerprint density at radius 1 is 1.29 bits per heavy atom. The molecule has 1 aromatic rings. The number of nitrogens with zero attached hydrogens (tertiary/aromatic N) is 1. The monoisotopic (exact) mass is 224 g/mol. The molecule has 3 heteroatoms. The van der Waals surface area contributed by atoms with Crippen LogP contribution in [0, 0.1) is 0 Å². The van der Waals surface area contributed by atoms with Crippen LogP contribution in [-0.4, -0.2) is 13.7 Å². The van der Waals surface area contributed by atoms with E-state index in [1.807, 2.05) is 13.0 Å². The first-order chi connectivity index (χ1) is 8.08. The van der Waals surface area contributed by atoms with Crippen LogP contribution < -0.4 is 10.8 Å². The summed E-state index contributed by atoms with van der Waals surface area (Å²) in [5.41, 5.74) is 6.28. The molecular weight excluding hydrogens is 207 g/mol. The van der Waals surface area contributed by atoms with E-state index in [0.29, 0.717) is 0 Å². The molecule has 0 aliphatic carbocycles. The van der Waals surface area contributed by atoms with Gasteiger partial charge in [-0.3, -0.25) is 0 Å². The van der Waals surface area contributed by atoms with Gasteiger partial charge < -0.3 is 5.32 Å². The average Bonchev–Trinajstić information content (AvgIpc) is 2.28. The second-order valence-corrected chi connectivity index (χ2v) is 4.33. The fraction of sp³-hybridized carbons (Fsp3) is 0.357.